The highest BCUT2D eigenvalue weighted by atomic mass is 16.5. The zero-order valence-corrected chi connectivity index (χ0v) is 12.1. The Morgan fingerprint density at radius 1 is 0.955 bits per heavy atom. The Labute approximate surface area is 126 Å². The topological polar surface area (TPSA) is 68.9 Å². The van der Waals surface area contributed by atoms with Gasteiger partial charge in [0, 0.05) is 17.5 Å². The average Bonchev–Trinajstić information content (AvgIpc) is 2.52. The predicted octanol–water partition coefficient (Wildman–Crippen LogP) is 3.18. The molecular weight excluding hydrogens is 284 g/mol. The first kappa shape index (κ1) is 14.0. The van der Waals surface area contributed by atoms with E-state index >= 15 is 0 Å². The molecule has 5 heteroatoms. The molecule has 0 aliphatic rings. The van der Waals surface area contributed by atoms with Gasteiger partial charge in [-0.25, -0.2) is 4.79 Å². The average molecular weight is 298 g/mol. The lowest BCUT2D eigenvalue weighted by atomic mass is 10.0. The van der Waals surface area contributed by atoms with Crippen LogP contribution in [0.1, 0.15) is 0 Å². The molecule has 1 N–H and O–H groups in total. The molecule has 0 spiro atoms. The molecule has 0 atom stereocenters. The summed E-state index contributed by atoms with van der Waals surface area (Å²) in [5.41, 5.74) is 1.34. The van der Waals surface area contributed by atoms with E-state index in [9.17, 15) is 9.90 Å². The molecule has 0 unspecified atom stereocenters. The van der Waals surface area contributed by atoms with Gasteiger partial charge in [0.1, 0.15) is 11.3 Å². The van der Waals surface area contributed by atoms with Crippen molar-refractivity contribution < 1.29 is 19.0 Å². The van der Waals surface area contributed by atoms with E-state index in [0.29, 0.717) is 22.6 Å². The van der Waals surface area contributed by atoms with E-state index in [2.05, 4.69) is 0 Å². The third kappa shape index (κ3) is 2.37. The molecule has 5 nitrogen and oxygen atoms in total. The number of fused-ring (bicyclic) bond motifs is 1. The van der Waals surface area contributed by atoms with Crippen molar-refractivity contribution in [2.45, 2.75) is 0 Å². The van der Waals surface area contributed by atoms with Gasteiger partial charge in [0.2, 0.25) is 0 Å². The number of phenolic OH excluding ortho intramolecular Hbond substituents is 1. The van der Waals surface area contributed by atoms with Gasteiger partial charge in [-0.2, -0.15) is 0 Å². The number of phenols is 1. The molecule has 0 aliphatic heterocycles. The fourth-order valence-corrected chi connectivity index (χ4v) is 2.39. The summed E-state index contributed by atoms with van der Waals surface area (Å²) in [6.45, 7) is 0. The van der Waals surface area contributed by atoms with Crippen LogP contribution in [-0.4, -0.2) is 19.3 Å². The Bertz CT molecular complexity index is 895. The zero-order valence-electron chi connectivity index (χ0n) is 12.1. The summed E-state index contributed by atoms with van der Waals surface area (Å²) in [5.74, 6) is 1.22. The third-order valence-electron chi connectivity index (χ3n) is 3.42. The van der Waals surface area contributed by atoms with Crippen LogP contribution in [0.25, 0.3) is 22.1 Å². The highest BCUT2D eigenvalue weighted by Gasteiger charge is 2.11. The van der Waals surface area contributed by atoms with Crippen LogP contribution in [0.3, 0.4) is 0 Å². The van der Waals surface area contributed by atoms with Crippen LogP contribution in [0, 0.1) is 0 Å². The molecular formula is C17H14O5. The molecule has 22 heavy (non-hydrogen) atoms. The number of hydrogen-bond acceptors (Lipinski definition) is 5. The van der Waals surface area contributed by atoms with E-state index in [0.717, 1.165) is 10.9 Å². The quantitative estimate of drug-likeness (QED) is 0.752. The minimum Gasteiger partial charge on any atom is -0.508 e. The van der Waals surface area contributed by atoms with Gasteiger partial charge in [-0.05, 0) is 35.4 Å². The Kier molecular flexibility index (Phi) is 3.47. The summed E-state index contributed by atoms with van der Waals surface area (Å²) >= 11 is 0. The van der Waals surface area contributed by atoms with Gasteiger partial charge in [-0.1, -0.05) is 6.07 Å². The van der Waals surface area contributed by atoms with Crippen molar-refractivity contribution in [2.24, 2.45) is 0 Å². The lowest BCUT2D eigenvalue weighted by Crippen LogP contribution is -1.98. The largest absolute Gasteiger partial charge is 0.508 e. The molecule has 3 rings (SSSR count). The Hall–Kier alpha value is -2.95. The number of benzene rings is 2. The minimum absolute atomic E-state index is 0.0418. The van der Waals surface area contributed by atoms with E-state index in [1.807, 2.05) is 6.07 Å². The molecule has 0 aliphatic carbocycles. The van der Waals surface area contributed by atoms with Gasteiger partial charge in [0.15, 0.2) is 11.5 Å². The van der Waals surface area contributed by atoms with Crippen molar-refractivity contribution in [1.29, 1.82) is 0 Å². The van der Waals surface area contributed by atoms with Crippen molar-refractivity contribution in [2.75, 3.05) is 14.2 Å². The highest BCUT2D eigenvalue weighted by molar-refractivity contribution is 5.94. The lowest BCUT2D eigenvalue weighted by Gasteiger charge is -2.11. The van der Waals surface area contributed by atoms with Crippen molar-refractivity contribution in [3.63, 3.8) is 0 Å². The van der Waals surface area contributed by atoms with Gasteiger partial charge in [0.05, 0.1) is 14.2 Å². The summed E-state index contributed by atoms with van der Waals surface area (Å²) in [7, 11) is 3.12. The maximum absolute atomic E-state index is 11.8. The number of rotatable bonds is 3. The molecule has 0 fully saturated rings. The van der Waals surface area contributed by atoms with Crippen LogP contribution in [0.4, 0.5) is 0 Å². The van der Waals surface area contributed by atoms with Crippen molar-refractivity contribution in [1.82, 2.24) is 0 Å². The van der Waals surface area contributed by atoms with Crippen molar-refractivity contribution >= 4 is 11.0 Å². The van der Waals surface area contributed by atoms with Crippen LogP contribution in [0.15, 0.2) is 51.7 Å². The van der Waals surface area contributed by atoms with Crippen LogP contribution in [0.5, 0.6) is 17.2 Å². The molecule has 1 heterocycles. The van der Waals surface area contributed by atoms with Crippen molar-refractivity contribution in [3.05, 3.63) is 52.9 Å². The van der Waals surface area contributed by atoms with Crippen LogP contribution in [-0.2, 0) is 0 Å². The summed E-state index contributed by atoms with van der Waals surface area (Å²) in [6.07, 6.45) is 0. The Balaban J connectivity index is 2.28. The third-order valence-corrected chi connectivity index (χ3v) is 3.42. The number of hydrogen-bond donors (Lipinski definition) is 1. The number of methoxy groups -OCH3 is 2. The van der Waals surface area contributed by atoms with E-state index in [1.165, 1.54) is 12.1 Å². The van der Waals surface area contributed by atoms with Crippen LogP contribution in [0.2, 0.25) is 0 Å². The summed E-state index contributed by atoms with van der Waals surface area (Å²) in [5, 5.41) is 10.3. The molecule has 3 aromatic rings. The maximum atomic E-state index is 11.8. The number of ether oxygens (including phenoxy) is 2. The second-order valence-corrected chi connectivity index (χ2v) is 4.73. The van der Waals surface area contributed by atoms with Gasteiger partial charge in [-0.15, -0.1) is 0 Å². The Morgan fingerprint density at radius 2 is 1.73 bits per heavy atom. The lowest BCUT2D eigenvalue weighted by molar-refractivity contribution is 0.355. The molecule has 0 saturated carbocycles. The molecule has 2 aromatic carbocycles. The van der Waals surface area contributed by atoms with Crippen LogP contribution < -0.4 is 15.1 Å². The second kappa shape index (κ2) is 5.44. The van der Waals surface area contributed by atoms with Gasteiger partial charge in [0.25, 0.3) is 0 Å². The van der Waals surface area contributed by atoms with Gasteiger partial charge >= 0.3 is 5.63 Å². The number of aromatic hydroxyl groups is 1. The standard InChI is InChI=1S/C17H14O5/c1-20-14-6-3-10(7-16(14)21-2)13-9-17(19)22-15-8-11(18)4-5-12(13)15/h3-9,18H,1-2H3. The van der Waals surface area contributed by atoms with Crippen molar-refractivity contribution in [3.8, 4) is 28.4 Å². The van der Waals surface area contributed by atoms with E-state index in [-0.39, 0.29) is 5.75 Å². The Morgan fingerprint density at radius 3 is 2.45 bits per heavy atom. The van der Waals surface area contributed by atoms with Crippen LogP contribution >= 0.6 is 0 Å². The minimum atomic E-state index is -0.483. The maximum Gasteiger partial charge on any atom is 0.336 e. The molecule has 0 amide bonds. The van der Waals surface area contributed by atoms with E-state index in [1.54, 1.807) is 38.5 Å². The molecule has 0 bridgehead atoms. The SMILES string of the molecule is COc1ccc(-c2cc(=O)oc3cc(O)ccc23)cc1OC. The van der Waals surface area contributed by atoms with Gasteiger partial charge < -0.3 is 19.0 Å². The smallest absolute Gasteiger partial charge is 0.336 e. The summed E-state index contributed by atoms with van der Waals surface area (Å²) < 4.78 is 15.6. The first-order chi connectivity index (χ1) is 10.6. The highest BCUT2D eigenvalue weighted by Crippen LogP contribution is 2.35. The molecule has 0 radical (unpaired) electrons. The van der Waals surface area contributed by atoms with E-state index in [4.69, 9.17) is 13.9 Å². The first-order valence-corrected chi connectivity index (χ1v) is 6.61. The first-order valence-electron chi connectivity index (χ1n) is 6.61. The molecule has 0 saturated heterocycles. The zero-order chi connectivity index (χ0) is 15.7. The van der Waals surface area contributed by atoms with E-state index < -0.39 is 5.63 Å². The fourth-order valence-electron chi connectivity index (χ4n) is 2.39. The second-order valence-electron chi connectivity index (χ2n) is 4.73. The molecule has 112 valence electrons. The fraction of sp³-hybridized carbons (Fsp3) is 0.118. The molecule has 1 aromatic heterocycles. The summed E-state index contributed by atoms with van der Waals surface area (Å²) in [6, 6.07) is 11.5. The predicted molar refractivity (Wildman–Crippen MR) is 82.7 cm³/mol. The van der Waals surface area contributed by atoms with Gasteiger partial charge in [-0.3, -0.25) is 0 Å². The summed E-state index contributed by atoms with van der Waals surface area (Å²) in [4.78, 5) is 11.8. The normalized spacial score (nSPS) is 10.6. The monoisotopic (exact) mass is 298 g/mol.